The molecule has 3 rings (SSSR count). The van der Waals surface area contributed by atoms with Crippen molar-refractivity contribution in [3.8, 4) is 11.5 Å². The maximum atomic E-state index is 12.3. The molecule has 0 aromatic heterocycles. The summed E-state index contributed by atoms with van der Waals surface area (Å²) < 4.78 is 37.4. The molecule has 7 nitrogen and oxygen atoms in total. The lowest BCUT2D eigenvalue weighted by molar-refractivity contribution is -0.120. The largest absolute Gasteiger partial charge is 0.497 e. The van der Waals surface area contributed by atoms with Gasteiger partial charge in [0.2, 0.25) is 15.9 Å². The van der Waals surface area contributed by atoms with E-state index in [1.54, 1.807) is 56.7 Å². The van der Waals surface area contributed by atoms with E-state index >= 15 is 0 Å². The van der Waals surface area contributed by atoms with Crippen LogP contribution in [0.5, 0.6) is 11.5 Å². The zero-order chi connectivity index (χ0) is 20.1. The molecule has 1 fully saturated rings. The van der Waals surface area contributed by atoms with Gasteiger partial charge in [-0.15, -0.1) is 0 Å². The summed E-state index contributed by atoms with van der Waals surface area (Å²) in [5.41, 5.74) is 1.58. The quantitative estimate of drug-likeness (QED) is 0.667. The first kappa shape index (κ1) is 20.2. The SMILES string of the molecule is COc1ccc(CC(=O)NCc2ccc(S(=O)(=O)NC3CC3)cc2)c(OC)c1. The number of sulfonamides is 1. The van der Waals surface area contributed by atoms with Crippen LogP contribution in [0.3, 0.4) is 0 Å². The summed E-state index contributed by atoms with van der Waals surface area (Å²) >= 11 is 0. The average Bonchev–Trinajstić information content (AvgIpc) is 3.50. The fourth-order valence-corrected chi connectivity index (χ4v) is 4.01. The first-order valence-corrected chi connectivity index (χ1v) is 10.5. The number of nitrogens with one attached hydrogen (secondary N) is 2. The summed E-state index contributed by atoms with van der Waals surface area (Å²) in [5, 5.41) is 2.84. The van der Waals surface area contributed by atoms with Gasteiger partial charge >= 0.3 is 0 Å². The van der Waals surface area contributed by atoms with Crippen LogP contribution in [0.2, 0.25) is 0 Å². The second kappa shape index (κ2) is 8.62. The minimum absolute atomic E-state index is 0.0684. The van der Waals surface area contributed by atoms with E-state index in [0.717, 1.165) is 24.0 Å². The van der Waals surface area contributed by atoms with Gasteiger partial charge in [0.15, 0.2) is 0 Å². The van der Waals surface area contributed by atoms with Gasteiger partial charge in [0, 0.05) is 24.2 Å². The third-order valence-electron chi connectivity index (χ3n) is 4.47. The topological polar surface area (TPSA) is 93.7 Å². The standard InChI is InChI=1S/C20H24N2O5S/c1-26-17-8-5-15(19(12-17)27-2)11-20(23)21-13-14-3-9-18(10-4-14)28(24,25)22-16-6-7-16/h3-5,8-10,12,16,22H,6-7,11,13H2,1-2H3,(H,21,23). The van der Waals surface area contributed by atoms with Crippen molar-refractivity contribution in [3.63, 3.8) is 0 Å². The maximum Gasteiger partial charge on any atom is 0.240 e. The number of carbonyl (C=O) groups excluding carboxylic acids is 1. The minimum atomic E-state index is -3.46. The molecular formula is C20H24N2O5S. The van der Waals surface area contributed by atoms with Gasteiger partial charge in [0.1, 0.15) is 11.5 Å². The van der Waals surface area contributed by atoms with E-state index in [2.05, 4.69) is 10.0 Å². The predicted octanol–water partition coefficient (Wildman–Crippen LogP) is 2.00. The van der Waals surface area contributed by atoms with Gasteiger partial charge in [-0.05, 0) is 36.6 Å². The van der Waals surface area contributed by atoms with Crippen LogP contribution in [0.4, 0.5) is 0 Å². The first-order valence-electron chi connectivity index (χ1n) is 9.00. The van der Waals surface area contributed by atoms with Crippen molar-refractivity contribution < 1.29 is 22.7 Å². The Labute approximate surface area is 165 Å². The second-order valence-corrected chi connectivity index (χ2v) is 8.38. The molecule has 0 atom stereocenters. The number of ether oxygens (including phenoxy) is 2. The second-order valence-electron chi connectivity index (χ2n) is 6.67. The van der Waals surface area contributed by atoms with E-state index in [0.29, 0.717) is 18.0 Å². The Morgan fingerprint density at radius 2 is 1.79 bits per heavy atom. The lowest BCUT2D eigenvalue weighted by Crippen LogP contribution is -2.26. The van der Waals surface area contributed by atoms with Crippen LogP contribution in [0.1, 0.15) is 24.0 Å². The van der Waals surface area contributed by atoms with Crippen LogP contribution in [-0.2, 0) is 27.8 Å². The molecule has 1 aliphatic rings. The van der Waals surface area contributed by atoms with E-state index < -0.39 is 10.0 Å². The van der Waals surface area contributed by atoms with Crippen molar-refractivity contribution >= 4 is 15.9 Å². The molecule has 0 bridgehead atoms. The van der Waals surface area contributed by atoms with Crippen LogP contribution in [0.25, 0.3) is 0 Å². The van der Waals surface area contributed by atoms with Crippen molar-refractivity contribution in [1.29, 1.82) is 0 Å². The molecule has 0 heterocycles. The summed E-state index contributed by atoms with van der Waals surface area (Å²) in [5.74, 6) is 1.09. The van der Waals surface area contributed by atoms with Gasteiger partial charge in [0.25, 0.3) is 0 Å². The molecule has 0 radical (unpaired) electrons. The van der Waals surface area contributed by atoms with Crippen LogP contribution < -0.4 is 19.5 Å². The van der Waals surface area contributed by atoms with Gasteiger partial charge in [-0.2, -0.15) is 0 Å². The zero-order valence-electron chi connectivity index (χ0n) is 15.9. The Bertz CT molecular complexity index is 938. The van der Waals surface area contributed by atoms with Gasteiger partial charge in [-0.3, -0.25) is 4.79 Å². The Balaban J connectivity index is 1.56. The number of hydrogen-bond acceptors (Lipinski definition) is 5. The van der Waals surface area contributed by atoms with Gasteiger partial charge < -0.3 is 14.8 Å². The molecule has 2 N–H and O–H groups in total. The van der Waals surface area contributed by atoms with Crippen molar-refractivity contribution in [2.45, 2.75) is 36.7 Å². The highest BCUT2D eigenvalue weighted by Crippen LogP contribution is 2.25. The van der Waals surface area contributed by atoms with Gasteiger partial charge in [-0.25, -0.2) is 13.1 Å². The molecule has 0 unspecified atom stereocenters. The van der Waals surface area contributed by atoms with E-state index in [1.165, 1.54) is 0 Å². The van der Waals surface area contributed by atoms with Crippen molar-refractivity contribution in [2.24, 2.45) is 0 Å². The van der Waals surface area contributed by atoms with E-state index in [9.17, 15) is 13.2 Å². The average molecular weight is 404 g/mol. The Hall–Kier alpha value is -2.58. The number of hydrogen-bond donors (Lipinski definition) is 2. The van der Waals surface area contributed by atoms with E-state index in [4.69, 9.17) is 9.47 Å². The fraction of sp³-hybridized carbons (Fsp3) is 0.350. The predicted molar refractivity (Wildman–Crippen MR) is 105 cm³/mol. The smallest absolute Gasteiger partial charge is 0.240 e. The summed E-state index contributed by atoms with van der Waals surface area (Å²) in [6.45, 7) is 0.313. The van der Waals surface area contributed by atoms with Crippen molar-refractivity contribution in [1.82, 2.24) is 10.0 Å². The molecule has 2 aromatic rings. The lowest BCUT2D eigenvalue weighted by Gasteiger charge is -2.11. The van der Waals surface area contributed by atoms with Crippen molar-refractivity contribution in [2.75, 3.05) is 14.2 Å². The summed E-state index contributed by atoms with van der Waals surface area (Å²) in [7, 11) is -0.346. The lowest BCUT2D eigenvalue weighted by atomic mass is 10.1. The third kappa shape index (κ3) is 5.24. The highest BCUT2D eigenvalue weighted by atomic mass is 32.2. The molecule has 0 aliphatic heterocycles. The molecule has 0 spiro atoms. The Morgan fingerprint density at radius 3 is 2.39 bits per heavy atom. The molecule has 8 heteroatoms. The molecule has 150 valence electrons. The van der Waals surface area contributed by atoms with Crippen LogP contribution in [0, 0.1) is 0 Å². The molecule has 2 aromatic carbocycles. The number of amides is 1. The molecule has 28 heavy (non-hydrogen) atoms. The van der Waals surface area contributed by atoms with E-state index in [-0.39, 0.29) is 23.3 Å². The number of carbonyl (C=O) groups is 1. The normalized spacial score (nSPS) is 13.8. The molecule has 1 amide bonds. The Kier molecular flexibility index (Phi) is 6.21. The third-order valence-corrected chi connectivity index (χ3v) is 6.00. The zero-order valence-corrected chi connectivity index (χ0v) is 16.7. The van der Waals surface area contributed by atoms with Crippen LogP contribution in [-0.4, -0.2) is 34.6 Å². The van der Waals surface area contributed by atoms with Gasteiger partial charge in [-0.1, -0.05) is 18.2 Å². The summed E-state index contributed by atoms with van der Waals surface area (Å²) in [6.07, 6.45) is 1.95. The Morgan fingerprint density at radius 1 is 1.07 bits per heavy atom. The summed E-state index contributed by atoms with van der Waals surface area (Å²) in [4.78, 5) is 12.5. The monoisotopic (exact) mass is 404 g/mol. The van der Waals surface area contributed by atoms with Gasteiger partial charge in [0.05, 0.1) is 25.5 Å². The maximum absolute atomic E-state index is 12.3. The number of benzene rings is 2. The molecular weight excluding hydrogens is 380 g/mol. The highest BCUT2D eigenvalue weighted by molar-refractivity contribution is 7.89. The number of rotatable bonds is 9. The van der Waals surface area contributed by atoms with E-state index in [1.807, 2.05) is 0 Å². The molecule has 1 saturated carbocycles. The van der Waals surface area contributed by atoms with Crippen molar-refractivity contribution in [3.05, 3.63) is 53.6 Å². The minimum Gasteiger partial charge on any atom is -0.497 e. The fourth-order valence-electron chi connectivity index (χ4n) is 2.71. The number of methoxy groups -OCH3 is 2. The molecule has 1 aliphatic carbocycles. The highest BCUT2D eigenvalue weighted by Gasteiger charge is 2.27. The first-order chi connectivity index (χ1) is 13.4. The van der Waals surface area contributed by atoms with Crippen LogP contribution in [0.15, 0.2) is 47.4 Å². The van der Waals surface area contributed by atoms with Crippen LogP contribution >= 0.6 is 0 Å². The summed E-state index contributed by atoms with van der Waals surface area (Å²) in [6, 6.07) is 11.9. The molecule has 0 saturated heterocycles.